The minimum absolute atomic E-state index is 0.263. The molecule has 9 heteroatoms. The minimum atomic E-state index is -3.95. The van der Waals surface area contributed by atoms with Crippen LogP contribution in [0.5, 0.6) is 0 Å². The third-order valence-corrected chi connectivity index (χ3v) is 3.28. The van der Waals surface area contributed by atoms with E-state index < -0.39 is 14.9 Å². The van der Waals surface area contributed by atoms with Crippen LogP contribution in [0.3, 0.4) is 0 Å². The van der Waals surface area contributed by atoms with Crippen LogP contribution in [-0.4, -0.2) is 45.4 Å². The summed E-state index contributed by atoms with van der Waals surface area (Å²) in [5.74, 6) is 0. The van der Waals surface area contributed by atoms with E-state index in [2.05, 4.69) is 5.32 Å². The summed E-state index contributed by atoms with van der Waals surface area (Å²) < 4.78 is 22.3. The summed E-state index contributed by atoms with van der Waals surface area (Å²) in [5.41, 5.74) is -0.0514. The fourth-order valence-electron chi connectivity index (χ4n) is 1.40. The summed E-state index contributed by atoms with van der Waals surface area (Å²) in [6.07, 6.45) is 0. The van der Waals surface area contributed by atoms with Gasteiger partial charge in [-0.3, -0.25) is 10.1 Å². The highest BCUT2D eigenvalue weighted by Gasteiger charge is 2.18. The van der Waals surface area contributed by atoms with Crippen molar-refractivity contribution in [2.24, 2.45) is 5.14 Å². The fourth-order valence-corrected chi connectivity index (χ4v) is 1.94. The summed E-state index contributed by atoms with van der Waals surface area (Å²) >= 11 is 0. The Labute approximate surface area is 111 Å². The Morgan fingerprint density at radius 1 is 1.42 bits per heavy atom. The van der Waals surface area contributed by atoms with Gasteiger partial charge in [-0.2, -0.15) is 0 Å². The fraction of sp³-hybridized carbons (Fsp3) is 0.400. The number of nitrogens with two attached hydrogens (primary N) is 1. The molecule has 0 unspecified atom stereocenters. The van der Waals surface area contributed by atoms with Gasteiger partial charge in [-0.15, -0.1) is 0 Å². The van der Waals surface area contributed by atoms with Crippen molar-refractivity contribution in [1.29, 1.82) is 0 Å². The lowest BCUT2D eigenvalue weighted by Gasteiger charge is -2.11. The number of benzene rings is 1. The molecule has 0 aromatic heterocycles. The smallest absolute Gasteiger partial charge is 0.293 e. The van der Waals surface area contributed by atoms with E-state index in [1.165, 1.54) is 12.1 Å². The third kappa shape index (κ3) is 4.47. The molecule has 0 aliphatic carbocycles. The Balaban J connectivity index is 3.02. The largest absolute Gasteiger partial charge is 0.378 e. The number of hydrogen-bond donors (Lipinski definition) is 2. The number of nitro benzene ring substituents is 1. The van der Waals surface area contributed by atoms with Crippen molar-refractivity contribution in [2.75, 3.05) is 32.5 Å². The zero-order valence-electron chi connectivity index (χ0n) is 10.7. The van der Waals surface area contributed by atoms with Crippen molar-refractivity contribution in [3.8, 4) is 0 Å². The Morgan fingerprint density at radius 3 is 2.53 bits per heavy atom. The molecule has 0 saturated heterocycles. The summed E-state index contributed by atoms with van der Waals surface area (Å²) in [6, 6.07) is 3.53. The molecule has 19 heavy (non-hydrogen) atoms. The Bertz CT molecular complexity index is 571. The van der Waals surface area contributed by atoms with E-state index in [4.69, 9.17) is 5.14 Å². The Kier molecular flexibility index (Phi) is 4.81. The van der Waals surface area contributed by atoms with Gasteiger partial charge in [0.2, 0.25) is 10.0 Å². The third-order valence-electron chi connectivity index (χ3n) is 2.37. The molecule has 0 saturated carbocycles. The normalized spacial score (nSPS) is 11.6. The van der Waals surface area contributed by atoms with Crippen molar-refractivity contribution in [2.45, 2.75) is 4.90 Å². The molecule has 1 aromatic carbocycles. The molecule has 1 rings (SSSR count). The van der Waals surface area contributed by atoms with Crippen molar-refractivity contribution >= 4 is 21.4 Å². The van der Waals surface area contributed by atoms with Gasteiger partial charge in [0.05, 0.1) is 9.82 Å². The van der Waals surface area contributed by atoms with Crippen LogP contribution in [0, 0.1) is 10.1 Å². The lowest BCUT2D eigenvalue weighted by Crippen LogP contribution is -2.21. The van der Waals surface area contributed by atoms with Crippen LogP contribution in [0.2, 0.25) is 0 Å². The van der Waals surface area contributed by atoms with Gasteiger partial charge in [0, 0.05) is 19.2 Å². The lowest BCUT2D eigenvalue weighted by atomic mass is 10.2. The van der Waals surface area contributed by atoms with E-state index in [1.54, 1.807) is 0 Å². The monoisotopic (exact) mass is 288 g/mol. The van der Waals surface area contributed by atoms with E-state index in [9.17, 15) is 18.5 Å². The van der Waals surface area contributed by atoms with Gasteiger partial charge in [-0.05, 0) is 26.2 Å². The van der Waals surface area contributed by atoms with E-state index in [0.717, 1.165) is 6.07 Å². The van der Waals surface area contributed by atoms with Crippen molar-refractivity contribution in [3.63, 3.8) is 0 Å². The highest BCUT2D eigenvalue weighted by Crippen LogP contribution is 2.26. The molecule has 0 fully saturated rings. The van der Waals surface area contributed by atoms with E-state index >= 15 is 0 Å². The first kappa shape index (κ1) is 15.3. The number of primary sulfonamides is 1. The van der Waals surface area contributed by atoms with E-state index in [1.807, 2.05) is 19.0 Å². The average molecular weight is 288 g/mol. The van der Waals surface area contributed by atoms with Gasteiger partial charge in [-0.25, -0.2) is 13.6 Å². The van der Waals surface area contributed by atoms with Crippen LogP contribution in [0.1, 0.15) is 0 Å². The number of hydrogen-bond acceptors (Lipinski definition) is 6. The predicted octanol–water partition coefficient (Wildman–Crippen LogP) is 0.216. The standard InChI is InChI=1S/C10H16N4O4S/c1-13(2)6-5-12-9-4-3-8(19(11,17)18)7-10(9)14(15)16/h3-4,7,12H,5-6H2,1-2H3,(H2,11,17,18). The van der Waals surface area contributed by atoms with Crippen molar-refractivity contribution in [1.82, 2.24) is 4.90 Å². The summed E-state index contributed by atoms with van der Waals surface area (Å²) in [7, 11) is -0.200. The first-order valence-electron chi connectivity index (χ1n) is 5.41. The Morgan fingerprint density at radius 2 is 2.05 bits per heavy atom. The predicted molar refractivity (Wildman–Crippen MR) is 71.5 cm³/mol. The van der Waals surface area contributed by atoms with Crippen LogP contribution in [0.15, 0.2) is 23.1 Å². The van der Waals surface area contributed by atoms with Gasteiger partial charge in [-0.1, -0.05) is 0 Å². The minimum Gasteiger partial charge on any atom is -0.378 e. The number of nitrogens with one attached hydrogen (secondary N) is 1. The van der Waals surface area contributed by atoms with Gasteiger partial charge in [0.15, 0.2) is 0 Å². The SMILES string of the molecule is CN(C)CCNc1ccc(S(N)(=O)=O)cc1[N+](=O)[O-]. The van der Waals surface area contributed by atoms with Gasteiger partial charge in [0.1, 0.15) is 5.69 Å². The molecule has 0 bridgehead atoms. The molecule has 0 aliphatic rings. The number of likely N-dealkylation sites (N-methyl/N-ethyl adjacent to an activating group) is 1. The second kappa shape index (κ2) is 5.95. The molecule has 0 heterocycles. The van der Waals surface area contributed by atoms with Crippen LogP contribution in [0.25, 0.3) is 0 Å². The molecule has 0 radical (unpaired) electrons. The quantitative estimate of drug-likeness (QED) is 0.570. The molecule has 0 spiro atoms. The molecular formula is C10H16N4O4S. The van der Waals surface area contributed by atoms with E-state index in [-0.39, 0.29) is 16.3 Å². The first-order valence-corrected chi connectivity index (χ1v) is 6.96. The van der Waals surface area contributed by atoms with Gasteiger partial charge < -0.3 is 10.2 Å². The molecule has 1 aromatic rings. The maximum Gasteiger partial charge on any atom is 0.293 e. The molecule has 0 atom stereocenters. The maximum atomic E-state index is 11.2. The van der Waals surface area contributed by atoms with Crippen molar-refractivity contribution in [3.05, 3.63) is 28.3 Å². The number of sulfonamides is 1. The van der Waals surface area contributed by atoms with E-state index in [0.29, 0.717) is 13.1 Å². The zero-order valence-corrected chi connectivity index (χ0v) is 11.5. The average Bonchev–Trinajstić information content (AvgIpc) is 2.27. The summed E-state index contributed by atoms with van der Waals surface area (Å²) in [4.78, 5) is 11.9. The molecule has 0 aliphatic heterocycles. The lowest BCUT2D eigenvalue weighted by molar-refractivity contribution is -0.384. The Hall–Kier alpha value is -1.71. The molecule has 3 N–H and O–H groups in total. The second-order valence-corrected chi connectivity index (χ2v) is 5.77. The number of anilines is 1. The van der Waals surface area contributed by atoms with Crippen LogP contribution in [0.4, 0.5) is 11.4 Å². The topological polar surface area (TPSA) is 119 Å². The second-order valence-electron chi connectivity index (χ2n) is 4.21. The molecule has 8 nitrogen and oxygen atoms in total. The summed E-state index contributed by atoms with van der Waals surface area (Å²) in [5, 5.41) is 18.7. The van der Waals surface area contributed by atoms with Crippen LogP contribution >= 0.6 is 0 Å². The number of nitrogens with zero attached hydrogens (tertiary/aromatic N) is 2. The van der Waals surface area contributed by atoms with Gasteiger partial charge in [0.25, 0.3) is 5.69 Å². The number of nitro groups is 1. The number of rotatable bonds is 6. The first-order chi connectivity index (χ1) is 8.71. The zero-order chi connectivity index (χ0) is 14.6. The molecular weight excluding hydrogens is 272 g/mol. The maximum absolute atomic E-state index is 11.2. The van der Waals surface area contributed by atoms with Crippen LogP contribution in [-0.2, 0) is 10.0 Å². The van der Waals surface area contributed by atoms with Gasteiger partial charge >= 0.3 is 0 Å². The molecule has 0 amide bonds. The molecule has 106 valence electrons. The highest BCUT2D eigenvalue weighted by atomic mass is 32.2. The highest BCUT2D eigenvalue weighted by molar-refractivity contribution is 7.89. The summed E-state index contributed by atoms with van der Waals surface area (Å²) in [6.45, 7) is 1.19. The van der Waals surface area contributed by atoms with Crippen molar-refractivity contribution < 1.29 is 13.3 Å². The van der Waals surface area contributed by atoms with Crippen LogP contribution < -0.4 is 10.5 Å².